The third kappa shape index (κ3) is 4.95. The second-order valence-electron chi connectivity index (χ2n) is 7.02. The van der Waals surface area contributed by atoms with E-state index in [9.17, 15) is 9.59 Å². The Labute approximate surface area is 155 Å². The molecule has 0 aliphatic carbocycles. The van der Waals surface area contributed by atoms with Crippen molar-refractivity contribution in [3.63, 3.8) is 0 Å². The number of para-hydroxylation sites is 1. The molecule has 2 amide bonds. The zero-order chi connectivity index (χ0) is 16.9. The Kier molecular flexibility index (Phi) is 7.26. The van der Waals surface area contributed by atoms with E-state index in [2.05, 4.69) is 17.6 Å². The largest absolute Gasteiger partial charge is 0.344 e. The number of hydrogen-bond donors (Lipinski definition) is 2. The molecule has 2 saturated heterocycles. The summed E-state index contributed by atoms with van der Waals surface area (Å²) in [7, 11) is 0. The molecule has 1 aromatic carbocycles. The molecule has 2 aliphatic rings. The first-order chi connectivity index (χ1) is 11.6. The van der Waals surface area contributed by atoms with E-state index < -0.39 is 0 Å². The van der Waals surface area contributed by atoms with Crippen molar-refractivity contribution in [1.29, 1.82) is 0 Å². The Morgan fingerprint density at radius 2 is 2.08 bits per heavy atom. The van der Waals surface area contributed by atoms with Crippen molar-refractivity contribution in [1.82, 2.24) is 10.6 Å². The third-order valence-corrected chi connectivity index (χ3v) is 5.26. The molecule has 2 aliphatic heterocycles. The van der Waals surface area contributed by atoms with Crippen molar-refractivity contribution in [3.8, 4) is 0 Å². The summed E-state index contributed by atoms with van der Waals surface area (Å²) in [5.41, 5.74) is 0.904. The maximum Gasteiger partial charge on any atom is 0.249 e. The van der Waals surface area contributed by atoms with Crippen molar-refractivity contribution in [2.24, 2.45) is 11.8 Å². The van der Waals surface area contributed by atoms with Crippen molar-refractivity contribution < 1.29 is 9.59 Å². The Hall–Kier alpha value is -1.59. The highest BCUT2D eigenvalue weighted by Gasteiger charge is 2.34. The van der Waals surface area contributed by atoms with Gasteiger partial charge in [-0.25, -0.2) is 0 Å². The van der Waals surface area contributed by atoms with Gasteiger partial charge in [0.25, 0.3) is 0 Å². The van der Waals surface area contributed by atoms with Crippen LogP contribution in [0.2, 0.25) is 0 Å². The molecule has 0 aromatic heterocycles. The highest BCUT2D eigenvalue weighted by atomic mass is 35.5. The predicted octanol–water partition coefficient (Wildman–Crippen LogP) is 2.36. The molecule has 0 bridgehead atoms. The van der Waals surface area contributed by atoms with E-state index in [1.807, 2.05) is 30.3 Å². The average Bonchev–Trinajstić information content (AvgIpc) is 2.97. The second kappa shape index (κ2) is 9.20. The monoisotopic (exact) mass is 365 g/mol. The number of halogens is 1. The highest BCUT2D eigenvalue weighted by molar-refractivity contribution is 6.01. The van der Waals surface area contributed by atoms with Gasteiger partial charge in [-0.15, -0.1) is 12.4 Å². The summed E-state index contributed by atoms with van der Waals surface area (Å²) < 4.78 is 0. The minimum absolute atomic E-state index is 0. The zero-order valence-corrected chi connectivity index (χ0v) is 15.6. The lowest BCUT2D eigenvalue weighted by atomic mass is 9.85. The van der Waals surface area contributed by atoms with E-state index >= 15 is 0 Å². The van der Waals surface area contributed by atoms with Crippen LogP contribution in [0.4, 0.5) is 5.69 Å². The molecule has 5 nitrogen and oxygen atoms in total. The molecule has 138 valence electrons. The quantitative estimate of drug-likeness (QED) is 0.842. The molecular formula is C19H28ClN3O2. The van der Waals surface area contributed by atoms with E-state index in [0.717, 1.165) is 18.8 Å². The lowest BCUT2D eigenvalue weighted by Gasteiger charge is -2.28. The Balaban J connectivity index is 0.00000225. The van der Waals surface area contributed by atoms with Gasteiger partial charge in [0.1, 0.15) is 6.04 Å². The van der Waals surface area contributed by atoms with E-state index in [1.54, 1.807) is 4.90 Å². The van der Waals surface area contributed by atoms with Crippen LogP contribution in [0.5, 0.6) is 0 Å². The molecule has 1 aromatic rings. The van der Waals surface area contributed by atoms with Gasteiger partial charge < -0.3 is 15.5 Å². The lowest BCUT2D eigenvalue weighted by molar-refractivity contribution is -0.127. The highest BCUT2D eigenvalue weighted by Crippen LogP contribution is 2.24. The summed E-state index contributed by atoms with van der Waals surface area (Å²) >= 11 is 0. The first-order valence-corrected chi connectivity index (χ1v) is 9.01. The number of benzene rings is 1. The number of amides is 2. The molecule has 2 fully saturated rings. The van der Waals surface area contributed by atoms with E-state index in [4.69, 9.17) is 0 Å². The second-order valence-corrected chi connectivity index (χ2v) is 7.02. The van der Waals surface area contributed by atoms with Crippen LogP contribution >= 0.6 is 12.4 Å². The maximum atomic E-state index is 12.5. The molecule has 25 heavy (non-hydrogen) atoms. The topological polar surface area (TPSA) is 61.4 Å². The number of rotatable bonds is 5. The molecular weight excluding hydrogens is 338 g/mol. The number of nitrogens with zero attached hydrogens (tertiary/aromatic N) is 1. The lowest BCUT2D eigenvalue weighted by Crippen LogP contribution is -2.43. The van der Waals surface area contributed by atoms with Crippen LogP contribution < -0.4 is 15.5 Å². The summed E-state index contributed by atoms with van der Waals surface area (Å²) in [4.78, 5) is 26.6. The van der Waals surface area contributed by atoms with Crippen LogP contribution in [0.15, 0.2) is 30.3 Å². The van der Waals surface area contributed by atoms with Gasteiger partial charge in [-0.2, -0.15) is 0 Å². The normalized spacial score (nSPS) is 24.5. The summed E-state index contributed by atoms with van der Waals surface area (Å²) in [6, 6.07) is 9.27. The van der Waals surface area contributed by atoms with Gasteiger partial charge in [0.2, 0.25) is 11.8 Å². The van der Waals surface area contributed by atoms with Crippen LogP contribution in [0, 0.1) is 11.8 Å². The van der Waals surface area contributed by atoms with Crippen LogP contribution in [0.25, 0.3) is 0 Å². The van der Waals surface area contributed by atoms with Crippen molar-refractivity contribution in [2.75, 3.05) is 24.5 Å². The molecule has 6 heteroatoms. The summed E-state index contributed by atoms with van der Waals surface area (Å²) in [5, 5.41) is 6.35. The predicted molar refractivity (Wildman–Crippen MR) is 102 cm³/mol. The number of carbonyl (C=O) groups excluding carboxylic acids is 2. The van der Waals surface area contributed by atoms with E-state index in [-0.39, 0.29) is 30.3 Å². The molecule has 0 spiro atoms. The average molecular weight is 366 g/mol. The number of carbonyl (C=O) groups is 2. The SMILES string of the molecule is CC(CC(=O)NC1CCN(c2ccccc2)C1=O)C1CCCNC1.Cl. The third-order valence-electron chi connectivity index (χ3n) is 5.26. The van der Waals surface area contributed by atoms with Crippen LogP contribution in [0.3, 0.4) is 0 Å². The van der Waals surface area contributed by atoms with Gasteiger partial charge in [-0.3, -0.25) is 9.59 Å². The van der Waals surface area contributed by atoms with Gasteiger partial charge in [-0.1, -0.05) is 25.1 Å². The summed E-state index contributed by atoms with van der Waals surface area (Å²) in [6.45, 7) is 4.89. The minimum Gasteiger partial charge on any atom is -0.344 e. The number of nitrogens with one attached hydrogen (secondary N) is 2. The first kappa shape index (κ1) is 19.7. The Bertz CT molecular complexity index is 575. The minimum atomic E-state index is -0.380. The summed E-state index contributed by atoms with van der Waals surface area (Å²) in [5.74, 6) is 0.909. The molecule has 3 rings (SSSR count). The van der Waals surface area contributed by atoms with Crippen molar-refractivity contribution in [2.45, 2.75) is 38.6 Å². The van der Waals surface area contributed by atoms with Gasteiger partial charge in [0.15, 0.2) is 0 Å². The number of hydrogen-bond acceptors (Lipinski definition) is 3. The molecule has 3 unspecified atom stereocenters. The van der Waals surface area contributed by atoms with Crippen molar-refractivity contribution >= 4 is 29.9 Å². The van der Waals surface area contributed by atoms with Gasteiger partial charge in [0, 0.05) is 18.7 Å². The van der Waals surface area contributed by atoms with Gasteiger partial charge >= 0.3 is 0 Å². The first-order valence-electron chi connectivity index (χ1n) is 9.01. The molecule has 3 atom stereocenters. The van der Waals surface area contributed by atoms with Crippen LogP contribution in [-0.4, -0.2) is 37.5 Å². The molecule has 2 heterocycles. The fraction of sp³-hybridized carbons (Fsp3) is 0.579. The smallest absolute Gasteiger partial charge is 0.249 e. The maximum absolute atomic E-state index is 12.5. The molecule has 0 saturated carbocycles. The molecule has 0 radical (unpaired) electrons. The van der Waals surface area contributed by atoms with E-state index in [0.29, 0.717) is 31.2 Å². The van der Waals surface area contributed by atoms with Crippen LogP contribution in [0.1, 0.15) is 32.6 Å². The van der Waals surface area contributed by atoms with Gasteiger partial charge in [0.05, 0.1) is 0 Å². The molecule has 2 N–H and O–H groups in total. The van der Waals surface area contributed by atoms with Crippen molar-refractivity contribution in [3.05, 3.63) is 30.3 Å². The summed E-state index contributed by atoms with van der Waals surface area (Å²) in [6.07, 6.45) is 3.55. The standard InChI is InChI=1S/C19H27N3O2.ClH/c1-14(15-6-5-10-20-13-15)12-18(23)21-17-9-11-22(19(17)24)16-7-3-2-4-8-16;/h2-4,7-8,14-15,17,20H,5-6,9-13H2,1H3,(H,21,23);1H. The zero-order valence-electron chi connectivity index (χ0n) is 14.7. The Morgan fingerprint density at radius 3 is 2.76 bits per heavy atom. The van der Waals surface area contributed by atoms with Crippen LogP contribution in [-0.2, 0) is 9.59 Å². The Morgan fingerprint density at radius 1 is 1.32 bits per heavy atom. The number of piperidine rings is 1. The van der Waals surface area contributed by atoms with Gasteiger partial charge in [-0.05, 0) is 56.3 Å². The fourth-order valence-corrected chi connectivity index (χ4v) is 3.75. The van der Waals surface area contributed by atoms with E-state index in [1.165, 1.54) is 12.8 Å². The fourth-order valence-electron chi connectivity index (χ4n) is 3.75. The number of anilines is 1.